The Kier molecular flexibility index (Phi) is 6.10. The van der Waals surface area contributed by atoms with Crippen molar-refractivity contribution in [2.24, 2.45) is 0 Å². The highest BCUT2D eigenvalue weighted by molar-refractivity contribution is 7.13. The Labute approximate surface area is 170 Å². The predicted molar refractivity (Wildman–Crippen MR) is 110 cm³/mol. The quantitative estimate of drug-likeness (QED) is 0.366. The van der Waals surface area contributed by atoms with E-state index in [1.165, 1.54) is 41.8 Å². The number of nitrogens with one attached hydrogen (secondary N) is 2. The van der Waals surface area contributed by atoms with Crippen LogP contribution >= 0.6 is 11.3 Å². The van der Waals surface area contributed by atoms with Gasteiger partial charge in [-0.15, -0.1) is 11.3 Å². The van der Waals surface area contributed by atoms with Crippen LogP contribution in [0.1, 0.15) is 21.5 Å². The topological polar surface area (TPSA) is 114 Å². The van der Waals surface area contributed by atoms with E-state index in [9.17, 15) is 19.7 Å². The average molecular weight is 408 g/mol. The number of carbonyl (C=O) groups excluding carboxylic acids is 2. The molecule has 1 heterocycles. The third-order valence-electron chi connectivity index (χ3n) is 3.85. The molecule has 0 aliphatic carbocycles. The van der Waals surface area contributed by atoms with Crippen molar-refractivity contribution >= 4 is 40.0 Å². The summed E-state index contributed by atoms with van der Waals surface area (Å²) in [6.07, 6.45) is 2.91. The summed E-state index contributed by atoms with van der Waals surface area (Å²) in [6.45, 7) is 1.90. The summed E-state index contributed by atoms with van der Waals surface area (Å²) < 4.78 is 0. The molecule has 2 N–H and O–H groups in total. The number of hydrogen-bond acceptors (Lipinski definition) is 6. The smallest absolute Gasteiger partial charge is 0.273 e. The molecule has 0 fully saturated rings. The second kappa shape index (κ2) is 8.89. The van der Waals surface area contributed by atoms with E-state index in [1.54, 1.807) is 35.7 Å². The fraction of sp³-hybridized carbons (Fsp3) is 0.0500. The number of rotatable bonds is 6. The molecule has 8 nitrogen and oxygen atoms in total. The minimum Gasteiger partial charge on any atom is -0.317 e. The molecule has 0 bridgehead atoms. The first-order valence-corrected chi connectivity index (χ1v) is 9.35. The molecule has 0 aliphatic heterocycles. The molecule has 1 aromatic heterocycles. The normalized spacial score (nSPS) is 11.0. The van der Waals surface area contributed by atoms with E-state index in [4.69, 9.17) is 0 Å². The van der Waals surface area contributed by atoms with E-state index in [0.29, 0.717) is 16.3 Å². The van der Waals surface area contributed by atoms with Gasteiger partial charge >= 0.3 is 0 Å². The van der Waals surface area contributed by atoms with Gasteiger partial charge in [0.25, 0.3) is 17.5 Å². The average Bonchev–Trinajstić information content (AvgIpc) is 3.21. The van der Waals surface area contributed by atoms with E-state index < -0.39 is 16.7 Å². The summed E-state index contributed by atoms with van der Waals surface area (Å²) in [7, 11) is 0. The first kappa shape index (κ1) is 19.9. The maximum atomic E-state index is 12.7. The lowest BCUT2D eigenvalue weighted by Gasteiger charge is -2.10. The Morgan fingerprint density at radius 2 is 1.93 bits per heavy atom. The van der Waals surface area contributed by atoms with Crippen molar-refractivity contribution in [1.82, 2.24) is 10.3 Å². The largest absolute Gasteiger partial charge is 0.317 e. The van der Waals surface area contributed by atoms with Crippen molar-refractivity contribution in [3.63, 3.8) is 0 Å². The van der Waals surface area contributed by atoms with Crippen LogP contribution in [0.15, 0.2) is 65.8 Å². The highest BCUT2D eigenvalue weighted by Crippen LogP contribution is 2.17. The number of aryl methyl sites for hydroxylation is 1. The number of hydrogen-bond donors (Lipinski definition) is 2. The molecule has 0 saturated heterocycles. The number of nitro benzene ring substituents is 1. The van der Waals surface area contributed by atoms with E-state index in [0.717, 1.165) is 5.56 Å². The molecule has 0 aliphatic rings. The summed E-state index contributed by atoms with van der Waals surface area (Å²) in [5, 5.41) is 18.2. The molecular formula is C20H16N4O4S. The van der Waals surface area contributed by atoms with Gasteiger partial charge in [-0.25, -0.2) is 4.98 Å². The van der Waals surface area contributed by atoms with Crippen LogP contribution in [0, 0.1) is 17.0 Å². The number of nitrogens with zero attached hydrogens (tertiary/aromatic N) is 2. The monoisotopic (exact) mass is 408 g/mol. The Bertz CT molecular complexity index is 1080. The first-order chi connectivity index (χ1) is 13.9. The maximum Gasteiger partial charge on any atom is 0.273 e. The lowest BCUT2D eigenvalue weighted by molar-refractivity contribution is -0.384. The number of benzene rings is 2. The second-order valence-electron chi connectivity index (χ2n) is 6.02. The van der Waals surface area contributed by atoms with Crippen LogP contribution in [-0.4, -0.2) is 21.7 Å². The summed E-state index contributed by atoms with van der Waals surface area (Å²) in [5.74, 6) is -1.07. The molecule has 3 aromatic rings. The number of amides is 2. The van der Waals surface area contributed by atoms with Crippen molar-refractivity contribution in [3.05, 3.63) is 92.6 Å². The molecule has 29 heavy (non-hydrogen) atoms. The molecule has 2 amide bonds. The Morgan fingerprint density at radius 3 is 2.59 bits per heavy atom. The summed E-state index contributed by atoms with van der Waals surface area (Å²) in [6, 6.07) is 12.6. The molecule has 2 aromatic carbocycles. The van der Waals surface area contributed by atoms with E-state index in [2.05, 4.69) is 15.6 Å². The molecule has 146 valence electrons. The molecule has 3 rings (SSSR count). The second-order valence-corrected chi connectivity index (χ2v) is 6.92. The zero-order valence-corrected chi connectivity index (χ0v) is 16.1. The Hall–Kier alpha value is -3.85. The minimum absolute atomic E-state index is 0.0636. The van der Waals surface area contributed by atoms with E-state index >= 15 is 0 Å². The fourth-order valence-corrected chi connectivity index (χ4v) is 2.93. The summed E-state index contributed by atoms with van der Waals surface area (Å²) in [4.78, 5) is 39.7. The maximum absolute atomic E-state index is 12.7. The van der Waals surface area contributed by atoms with E-state index in [1.807, 2.05) is 6.92 Å². The molecule has 0 spiro atoms. The lowest BCUT2D eigenvalue weighted by atomic mass is 10.1. The van der Waals surface area contributed by atoms with Gasteiger partial charge in [-0.05, 0) is 30.7 Å². The zero-order valence-electron chi connectivity index (χ0n) is 15.3. The van der Waals surface area contributed by atoms with Crippen LogP contribution in [0.4, 0.5) is 10.8 Å². The van der Waals surface area contributed by atoms with E-state index in [-0.39, 0.29) is 11.4 Å². The van der Waals surface area contributed by atoms with Gasteiger partial charge in [-0.1, -0.05) is 29.8 Å². The number of nitro groups is 1. The van der Waals surface area contributed by atoms with Crippen molar-refractivity contribution < 1.29 is 14.5 Å². The molecule has 0 saturated carbocycles. The van der Waals surface area contributed by atoms with Crippen molar-refractivity contribution in [2.75, 3.05) is 5.32 Å². The minimum atomic E-state index is -0.591. The van der Waals surface area contributed by atoms with Gasteiger partial charge in [-0.2, -0.15) is 0 Å². The Morgan fingerprint density at radius 1 is 1.17 bits per heavy atom. The molecule has 0 atom stereocenters. The summed E-state index contributed by atoms with van der Waals surface area (Å²) >= 11 is 1.23. The van der Waals surface area contributed by atoms with Gasteiger partial charge in [0.1, 0.15) is 5.70 Å². The Balaban J connectivity index is 1.91. The van der Waals surface area contributed by atoms with Crippen LogP contribution in [0.3, 0.4) is 0 Å². The van der Waals surface area contributed by atoms with Gasteiger partial charge in [0, 0.05) is 29.3 Å². The third-order valence-corrected chi connectivity index (χ3v) is 4.54. The first-order valence-electron chi connectivity index (χ1n) is 8.47. The van der Waals surface area contributed by atoms with Gasteiger partial charge in [0.2, 0.25) is 0 Å². The van der Waals surface area contributed by atoms with Crippen LogP contribution in [-0.2, 0) is 4.79 Å². The number of anilines is 1. The lowest BCUT2D eigenvalue weighted by Crippen LogP contribution is -2.30. The molecule has 9 heteroatoms. The van der Waals surface area contributed by atoms with Crippen molar-refractivity contribution in [1.29, 1.82) is 0 Å². The van der Waals surface area contributed by atoms with Gasteiger partial charge in [0.05, 0.1) is 4.92 Å². The summed E-state index contributed by atoms with van der Waals surface area (Å²) in [5.41, 5.74) is 1.58. The standard InChI is InChI=1S/C20H16N4O4S/c1-13-5-7-15(8-6-13)18(25)22-17(19(26)23-20-21-9-10-29-20)12-14-3-2-4-16(11-14)24(27)28/h2-12H,1H3,(H,22,25)(H,21,23,26)/b17-12-. The predicted octanol–water partition coefficient (Wildman–Crippen LogP) is 3.77. The van der Waals surface area contributed by atoms with Gasteiger partial charge in [0.15, 0.2) is 5.13 Å². The number of carbonyl (C=O) groups is 2. The number of non-ortho nitro benzene ring substituents is 1. The van der Waals surface area contributed by atoms with Crippen LogP contribution in [0.2, 0.25) is 0 Å². The molecule has 0 unspecified atom stereocenters. The number of aromatic nitrogens is 1. The molecular weight excluding hydrogens is 392 g/mol. The van der Waals surface area contributed by atoms with Crippen LogP contribution in [0.25, 0.3) is 6.08 Å². The van der Waals surface area contributed by atoms with Crippen LogP contribution in [0.5, 0.6) is 0 Å². The molecule has 0 radical (unpaired) electrons. The highest BCUT2D eigenvalue weighted by atomic mass is 32.1. The fourth-order valence-electron chi connectivity index (χ4n) is 2.40. The third kappa shape index (κ3) is 5.33. The number of thiazole rings is 1. The van der Waals surface area contributed by atoms with Gasteiger partial charge in [-0.3, -0.25) is 25.0 Å². The van der Waals surface area contributed by atoms with Crippen molar-refractivity contribution in [3.8, 4) is 0 Å². The zero-order chi connectivity index (χ0) is 20.8. The van der Waals surface area contributed by atoms with Crippen molar-refractivity contribution in [2.45, 2.75) is 6.92 Å². The van der Waals surface area contributed by atoms with Gasteiger partial charge < -0.3 is 5.32 Å². The highest BCUT2D eigenvalue weighted by Gasteiger charge is 2.16. The SMILES string of the molecule is Cc1ccc(C(=O)N/C(=C\c2cccc([N+](=O)[O-])c2)C(=O)Nc2nccs2)cc1. The van der Waals surface area contributed by atoms with Crippen LogP contribution < -0.4 is 10.6 Å².